The normalized spacial score (nSPS) is 20.1. The molecular formula is C24H30N4O. The Bertz CT molecular complexity index is 871. The Balaban J connectivity index is 1.70. The van der Waals surface area contributed by atoms with Crippen LogP contribution in [0.4, 0.5) is 0 Å². The van der Waals surface area contributed by atoms with Crippen LogP contribution < -0.4 is 5.73 Å². The Hall–Kier alpha value is -2.69. The van der Waals surface area contributed by atoms with Gasteiger partial charge in [0, 0.05) is 25.5 Å². The van der Waals surface area contributed by atoms with Gasteiger partial charge < -0.3 is 15.4 Å². The van der Waals surface area contributed by atoms with Crippen LogP contribution in [0.25, 0.3) is 11.1 Å². The number of guanidine groups is 1. The molecule has 1 aromatic carbocycles. The van der Waals surface area contributed by atoms with Crippen molar-refractivity contribution in [2.75, 3.05) is 7.05 Å². The Kier molecular flexibility index (Phi) is 5.65. The largest absolute Gasteiger partial charge is 0.370 e. The fourth-order valence-electron chi connectivity index (χ4n) is 4.51. The summed E-state index contributed by atoms with van der Waals surface area (Å²) in [6.45, 7) is 0. The van der Waals surface area contributed by atoms with E-state index in [0.717, 1.165) is 48.7 Å². The monoisotopic (exact) mass is 390 g/mol. The lowest BCUT2D eigenvalue weighted by Gasteiger charge is -2.34. The molecule has 0 amide bonds. The van der Waals surface area contributed by atoms with Gasteiger partial charge in [-0.05, 0) is 60.4 Å². The van der Waals surface area contributed by atoms with E-state index in [1.165, 1.54) is 19.3 Å². The van der Waals surface area contributed by atoms with E-state index in [-0.39, 0.29) is 5.92 Å². The standard InChI is InChI=1S/C24H30N4O/c1-28(22-10-3-2-4-11-22)23(25)27-24(17-29,20-12-13-20)21-9-5-7-18(15-21)19-8-6-14-26-16-19/h5-9,14-17,20,22H,2-4,10-13H2,1H3,(H2,25,27). The summed E-state index contributed by atoms with van der Waals surface area (Å²) in [5.41, 5.74) is 8.54. The Morgan fingerprint density at radius 1 is 1.14 bits per heavy atom. The van der Waals surface area contributed by atoms with Gasteiger partial charge in [-0.1, -0.05) is 43.5 Å². The number of nitrogens with two attached hydrogens (primary N) is 1. The smallest absolute Gasteiger partial charge is 0.192 e. The van der Waals surface area contributed by atoms with Gasteiger partial charge in [0.25, 0.3) is 0 Å². The number of hydrogen-bond acceptors (Lipinski definition) is 3. The number of hydrogen-bond donors (Lipinski definition) is 1. The van der Waals surface area contributed by atoms with Crippen LogP contribution in [-0.4, -0.2) is 35.2 Å². The van der Waals surface area contributed by atoms with E-state index in [9.17, 15) is 4.79 Å². The molecule has 0 bridgehead atoms. The Morgan fingerprint density at radius 3 is 2.55 bits per heavy atom. The summed E-state index contributed by atoms with van der Waals surface area (Å²) in [5, 5.41) is 0. The van der Waals surface area contributed by atoms with E-state index in [4.69, 9.17) is 10.7 Å². The third-order valence-electron chi connectivity index (χ3n) is 6.48. The highest BCUT2D eigenvalue weighted by atomic mass is 16.1. The molecule has 2 aromatic rings. The summed E-state index contributed by atoms with van der Waals surface area (Å²) >= 11 is 0. The summed E-state index contributed by atoms with van der Waals surface area (Å²) in [4.78, 5) is 23.7. The molecule has 0 radical (unpaired) electrons. The molecule has 4 rings (SSSR count). The van der Waals surface area contributed by atoms with Crippen molar-refractivity contribution in [3.8, 4) is 11.1 Å². The molecule has 2 aliphatic rings. The highest BCUT2D eigenvalue weighted by molar-refractivity contribution is 5.83. The zero-order chi connectivity index (χ0) is 20.3. The molecule has 1 atom stereocenters. The van der Waals surface area contributed by atoms with Crippen molar-refractivity contribution in [3.05, 3.63) is 54.4 Å². The first kappa shape index (κ1) is 19.6. The zero-order valence-corrected chi connectivity index (χ0v) is 17.1. The van der Waals surface area contributed by atoms with Crippen LogP contribution in [0.2, 0.25) is 0 Å². The van der Waals surface area contributed by atoms with Crippen molar-refractivity contribution in [1.82, 2.24) is 9.88 Å². The van der Waals surface area contributed by atoms with E-state index in [0.29, 0.717) is 12.0 Å². The molecule has 2 aliphatic carbocycles. The second-order valence-corrected chi connectivity index (χ2v) is 8.41. The molecule has 1 aromatic heterocycles. The Morgan fingerprint density at radius 2 is 1.90 bits per heavy atom. The lowest BCUT2D eigenvalue weighted by molar-refractivity contribution is -0.113. The van der Waals surface area contributed by atoms with Crippen LogP contribution in [0.15, 0.2) is 53.8 Å². The number of pyridine rings is 1. The number of aliphatic imine (C=N–C) groups is 1. The van der Waals surface area contributed by atoms with Gasteiger partial charge in [0.2, 0.25) is 0 Å². The van der Waals surface area contributed by atoms with Crippen LogP contribution in [0.3, 0.4) is 0 Å². The third kappa shape index (κ3) is 4.04. The predicted octanol–water partition coefficient (Wildman–Crippen LogP) is 4.13. The van der Waals surface area contributed by atoms with Gasteiger partial charge in [0.15, 0.2) is 12.2 Å². The van der Waals surface area contributed by atoms with Crippen molar-refractivity contribution < 1.29 is 4.79 Å². The lowest BCUT2D eigenvalue weighted by atomic mass is 9.85. The first-order valence-electron chi connectivity index (χ1n) is 10.7. The van der Waals surface area contributed by atoms with Crippen molar-refractivity contribution in [2.24, 2.45) is 16.6 Å². The molecule has 2 fully saturated rings. The number of aldehydes is 1. The van der Waals surface area contributed by atoms with Crippen molar-refractivity contribution in [2.45, 2.75) is 56.5 Å². The molecule has 5 nitrogen and oxygen atoms in total. The summed E-state index contributed by atoms with van der Waals surface area (Å²) in [6.07, 6.45) is 12.7. The molecule has 2 saturated carbocycles. The predicted molar refractivity (Wildman–Crippen MR) is 116 cm³/mol. The third-order valence-corrected chi connectivity index (χ3v) is 6.48. The van der Waals surface area contributed by atoms with Crippen LogP contribution in [0, 0.1) is 5.92 Å². The van der Waals surface area contributed by atoms with Crippen molar-refractivity contribution >= 4 is 12.2 Å². The molecule has 29 heavy (non-hydrogen) atoms. The maximum absolute atomic E-state index is 12.5. The first-order valence-corrected chi connectivity index (χ1v) is 10.7. The molecule has 0 spiro atoms. The summed E-state index contributed by atoms with van der Waals surface area (Å²) in [5.74, 6) is 0.685. The van der Waals surface area contributed by atoms with Crippen LogP contribution in [-0.2, 0) is 10.3 Å². The van der Waals surface area contributed by atoms with E-state index in [1.807, 2.05) is 43.6 Å². The number of rotatable bonds is 6. The minimum atomic E-state index is -0.911. The molecule has 2 N–H and O–H groups in total. The SMILES string of the molecule is CN(C(N)=NC(C=O)(c1cccc(-c2cccnc2)c1)C1CC1)C1CCCCC1. The zero-order valence-electron chi connectivity index (χ0n) is 17.1. The first-order chi connectivity index (χ1) is 14.1. The highest BCUT2D eigenvalue weighted by Gasteiger charge is 2.47. The number of carbonyl (C=O) groups is 1. The van der Waals surface area contributed by atoms with E-state index in [1.54, 1.807) is 6.20 Å². The molecular weight excluding hydrogens is 360 g/mol. The van der Waals surface area contributed by atoms with Crippen molar-refractivity contribution in [1.29, 1.82) is 0 Å². The number of carbonyl (C=O) groups excluding carboxylic acids is 1. The Labute approximate surface area is 173 Å². The van der Waals surface area contributed by atoms with Gasteiger partial charge in [-0.25, -0.2) is 4.99 Å². The van der Waals surface area contributed by atoms with Gasteiger partial charge in [0.1, 0.15) is 5.54 Å². The van der Waals surface area contributed by atoms with Crippen molar-refractivity contribution in [3.63, 3.8) is 0 Å². The minimum Gasteiger partial charge on any atom is -0.370 e. The van der Waals surface area contributed by atoms with E-state index >= 15 is 0 Å². The number of nitrogens with zero attached hydrogens (tertiary/aromatic N) is 3. The maximum atomic E-state index is 12.5. The van der Waals surface area contributed by atoms with Gasteiger partial charge in [0.05, 0.1) is 0 Å². The molecule has 0 aliphatic heterocycles. The molecule has 5 heteroatoms. The highest BCUT2D eigenvalue weighted by Crippen LogP contribution is 2.48. The molecule has 1 unspecified atom stereocenters. The van der Waals surface area contributed by atoms with Gasteiger partial charge in [-0.2, -0.15) is 0 Å². The summed E-state index contributed by atoms with van der Waals surface area (Å²) in [6, 6.07) is 12.5. The van der Waals surface area contributed by atoms with Crippen LogP contribution >= 0.6 is 0 Å². The quantitative estimate of drug-likeness (QED) is 0.457. The second-order valence-electron chi connectivity index (χ2n) is 8.41. The number of benzene rings is 1. The fraction of sp³-hybridized carbons (Fsp3) is 0.458. The van der Waals surface area contributed by atoms with Crippen LogP contribution in [0.1, 0.15) is 50.5 Å². The average molecular weight is 391 g/mol. The van der Waals surface area contributed by atoms with Gasteiger partial charge in [-0.15, -0.1) is 0 Å². The summed E-state index contributed by atoms with van der Waals surface area (Å²) < 4.78 is 0. The summed E-state index contributed by atoms with van der Waals surface area (Å²) in [7, 11) is 2.02. The number of aromatic nitrogens is 1. The molecule has 0 saturated heterocycles. The average Bonchev–Trinajstić information content (AvgIpc) is 3.64. The van der Waals surface area contributed by atoms with E-state index in [2.05, 4.69) is 16.0 Å². The lowest BCUT2D eigenvalue weighted by Crippen LogP contribution is -2.45. The van der Waals surface area contributed by atoms with Gasteiger partial charge >= 0.3 is 0 Å². The topological polar surface area (TPSA) is 71.6 Å². The van der Waals surface area contributed by atoms with E-state index < -0.39 is 5.54 Å². The van der Waals surface area contributed by atoms with Gasteiger partial charge in [-0.3, -0.25) is 4.98 Å². The van der Waals surface area contributed by atoms with Crippen LogP contribution in [0.5, 0.6) is 0 Å². The minimum absolute atomic E-state index is 0.211. The molecule has 1 heterocycles. The fourth-order valence-corrected chi connectivity index (χ4v) is 4.51. The molecule has 152 valence electrons. The second kappa shape index (κ2) is 8.36. The maximum Gasteiger partial charge on any atom is 0.192 e.